The molecule has 1 heterocycles. The van der Waals surface area contributed by atoms with Crippen LogP contribution in [0.5, 0.6) is 11.5 Å². The third kappa shape index (κ3) is 3.52. The number of nitrogens with zero attached hydrogens (tertiary/aromatic N) is 1. The van der Waals surface area contributed by atoms with E-state index in [0.29, 0.717) is 0 Å². The molecule has 0 radical (unpaired) electrons. The van der Waals surface area contributed by atoms with Crippen molar-refractivity contribution in [3.8, 4) is 11.5 Å². The predicted molar refractivity (Wildman–Crippen MR) is 102 cm³/mol. The van der Waals surface area contributed by atoms with Crippen LogP contribution in [0.15, 0.2) is 84.0 Å². The third-order valence-electron chi connectivity index (χ3n) is 4.23. The van der Waals surface area contributed by atoms with E-state index in [-0.39, 0.29) is 5.92 Å². The van der Waals surface area contributed by atoms with E-state index in [1.54, 1.807) is 0 Å². The van der Waals surface area contributed by atoms with E-state index in [0.717, 1.165) is 34.3 Å². The molecule has 1 aliphatic rings. The summed E-state index contributed by atoms with van der Waals surface area (Å²) in [5, 5.41) is 5.24. The first-order valence-corrected chi connectivity index (χ1v) is 8.56. The Labute approximate surface area is 151 Å². The molecule has 0 aliphatic carbocycles. The lowest BCUT2D eigenvalue weighted by atomic mass is 9.91. The van der Waals surface area contributed by atoms with E-state index in [4.69, 9.17) is 16.3 Å². The standard InChI is InChI=1S/C21H17ClN2O/c22-17-10-6-15(7-11-17)20-14-23-24-21(20)16-8-12-19(13-9-16)25-18-4-2-1-3-5-18/h1-13,20,23H,14H2. The first-order valence-electron chi connectivity index (χ1n) is 8.19. The highest BCUT2D eigenvalue weighted by Crippen LogP contribution is 2.27. The van der Waals surface area contributed by atoms with Crippen LogP contribution in [0.4, 0.5) is 0 Å². The van der Waals surface area contributed by atoms with Crippen LogP contribution in [0.3, 0.4) is 0 Å². The van der Waals surface area contributed by atoms with Crippen molar-refractivity contribution in [2.75, 3.05) is 6.54 Å². The second-order valence-corrected chi connectivity index (χ2v) is 6.34. The lowest BCUT2D eigenvalue weighted by molar-refractivity contribution is 0.482. The van der Waals surface area contributed by atoms with E-state index in [2.05, 4.69) is 22.7 Å². The van der Waals surface area contributed by atoms with Crippen molar-refractivity contribution in [2.24, 2.45) is 5.10 Å². The monoisotopic (exact) mass is 348 g/mol. The van der Waals surface area contributed by atoms with Gasteiger partial charge in [0, 0.05) is 17.5 Å². The summed E-state index contributed by atoms with van der Waals surface area (Å²) in [6.07, 6.45) is 0. The Balaban J connectivity index is 1.54. The van der Waals surface area contributed by atoms with Gasteiger partial charge in [-0.3, -0.25) is 0 Å². The number of rotatable bonds is 4. The molecule has 3 nitrogen and oxygen atoms in total. The van der Waals surface area contributed by atoms with Crippen LogP contribution in [0.25, 0.3) is 0 Å². The number of halogens is 1. The van der Waals surface area contributed by atoms with Crippen LogP contribution >= 0.6 is 11.6 Å². The van der Waals surface area contributed by atoms with Gasteiger partial charge in [-0.25, -0.2) is 0 Å². The summed E-state index contributed by atoms with van der Waals surface area (Å²) in [6, 6.07) is 25.8. The molecule has 0 fully saturated rings. The molecule has 25 heavy (non-hydrogen) atoms. The second kappa shape index (κ2) is 6.99. The van der Waals surface area contributed by atoms with Gasteiger partial charge in [0.1, 0.15) is 11.5 Å². The normalized spacial score (nSPS) is 16.2. The van der Waals surface area contributed by atoms with Gasteiger partial charge >= 0.3 is 0 Å². The predicted octanol–water partition coefficient (Wildman–Crippen LogP) is 5.22. The van der Waals surface area contributed by atoms with E-state index < -0.39 is 0 Å². The number of para-hydroxylation sites is 1. The Morgan fingerprint density at radius 3 is 2.24 bits per heavy atom. The van der Waals surface area contributed by atoms with E-state index in [1.807, 2.05) is 66.7 Å². The second-order valence-electron chi connectivity index (χ2n) is 5.90. The zero-order chi connectivity index (χ0) is 17.1. The summed E-state index contributed by atoms with van der Waals surface area (Å²) in [7, 11) is 0. The van der Waals surface area contributed by atoms with Crippen LogP contribution in [0.1, 0.15) is 17.0 Å². The van der Waals surface area contributed by atoms with Gasteiger partial charge in [0.25, 0.3) is 0 Å². The molecule has 0 saturated carbocycles. The van der Waals surface area contributed by atoms with Gasteiger partial charge in [0.05, 0.1) is 5.71 Å². The number of hydrogen-bond acceptors (Lipinski definition) is 3. The van der Waals surface area contributed by atoms with Crippen LogP contribution < -0.4 is 10.2 Å². The van der Waals surface area contributed by atoms with Gasteiger partial charge in [0.2, 0.25) is 0 Å². The van der Waals surface area contributed by atoms with Crippen LogP contribution in [-0.2, 0) is 0 Å². The highest BCUT2D eigenvalue weighted by atomic mass is 35.5. The highest BCUT2D eigenvalue weighted by molar-refractivity contribution is 6.30. The van der Waals surface area contributed by atoms with Crippen molar-refractivity contribution in [2.45, 2.75) is 5.92 Å². The fourth-order valence-corrected chi connectivity index (χ4v) is 3.08. The number of hydrogen-bond donors (Lipinski definition) is 1. The molecule has 0 saturated heterocycles. The van der Waals surface area contributed by atoms with Crippen molar-refractivity contribution in [1.82, 2.24) is 5.43 Å². The van der Waals surface area contributed by atoms with Crippen molar-refractivity contribution >= 4 is 17.3 Å². The van der Waals surface area contributed by atoms with Gasteiger partial charge < -0.3 is 10.2 Å². The Kier molecular flexibility index (Phi) is 4.40. The Morgan fingerprint density at radius 1 is 0.840 bits per heavy atom. The maximum atomic E-state index is 6.00. The summed E-state index contributed by atoms with van der Waals surface area (Å²) in [5.41, 5.74) is 6.44. The Bertz CT molecular complexity index is 874. The molecule has 1 atom stereocenters. The Morgan fingerprint density at radius 2 is 1.52 bits per heavy atom. The van der Waals surface area contributed by atoms with Crippen LogP contribution in [-0.4, -0.2) is 12.3 Å². The molecule has 124 valence electrons. The first-order chi connectivity index (χ1) is 12.3. The van der Waals surface area contributed by atoms with Gasteiger partial charge in [-0.1, -0.05) is 41.9 Å². The minimum Gasteiger partial charge on any atom is -0.457 e. The molecule has 1 N–H and O–H groups in total. The lowest BCUT2D eigenvalue weighted by Gasteiger charge is -2.13. The van der Waals surface area contributed by atoms with Gasteiger partial charge in [0.15, 0.2) is 0 Å². The van der Waals surface area contributed by atoms with Crippen molar-refractivity contribution in [3.63, 3.8) is 0 Å². The molecule has 0 amide bonds. The summed E-state index contributed by atoms with van der Waals surface area (Å²) >= 11 is 6.00. The van der Waals surface area contributed by atoms with E-state index >= 15 is 0 Å². The topological polar surface area (TPSA) is 33.6 Å². The third-order valence-corrected chi connectivity index (χ3v) is 4.48. The Hall–Kier alpha value is -2.78. The van der Waals surface area contributed by atoms with Gasteiger partial charge in [-0.15, -0.1) is 0 Å². The average Bonchev–Trinajstić information content (AvgIpc) is 3.14. The van der Waals surface area contributed by atoms with Crippen molar-refractivity contribution in [3.05, 3.63) is 95.0 Å². The molecule has 1 aliphatic heterocycles. The smallest absolute Gasteiger partial charge is 0.127 e. The fraction of sp³-hybridized carbons (Fsp3) is 0.0952. The zero-order valence-electron chi connectivity index (χ0n) is 13.5. The number of benzene rings is 3. The molecule has 1 unspecified atom stereocenters. The minimum absolute atomic E-state index is 0.221. The molecule has 0 bridgehead atoms. The van der Waals surface area contributed by atoms with E-state index in [1.165, 1.54) is 5.56 Å². The number of hydrazone groups is 1. The zero-order valence-corrected chi connectivity index (χ0v) is 14.3. The lowest BCUT2D eigenvalue weighted by Crippen LogP contribution is -2.14. The van der Waals surface area contributed by atoms with Crippen molar-refractivity contribution in [1.29, 1.82) is 0 Å². The van der Waals surface area contributed by atoms with E-state index in [9.17, 15) is 0 Å². The summed E-state index contributed by atoms with van der Waals surface area (Å²) in [4.78, 5) is 0. The number of nitrogens with one attached hydrogen (secondary N) is 1. The molecule has 4 rings (SSSR count). The molecule has 0 spiro atoms. The summed E-state index contributed by atoms with van der Waals surface area (Å²) in [6.45, 7) is 0.791. The van der Waals surface area contributed by atoms with Gasteiger partial charge in [-0.2, -0.15) is 5.10 Å². The summed E-state index contributed by atoms with van der Waals surface area (Å²) in [5.74, 6) is 1.86. The molecule has 0 aromatic heterocycles. The summed E-state index contributed by atoms with van der Waals surface area (Å²) < 4.78 is 5.85. The quantitative estimate of drug-likeness (QED) is 0.701. The van der Waals surface area contributed by atoms with Gasteiger partial charge in [-0.05, 0) is 59.7 Å². The molecule has 4 heteroatoms. The maximum Gasteiger partial charge on any atom is 0.127 e. The SMILES string of the molecule is Clc1ccc(C2CNN=C2c2ccc(Oc3ccccc3)cc2)cc1. The fourth-order valence-electron chi connectivity index (χ4n) is 2.95. The largest absolute Gasteiger partial charge is 0.457 e. The number of ether oxygens (including phenoxy) is 1. The highest BCUT2D eigenvalue weighted by Gasteiger charge is 2.24. The minimum atomic E-state index is 0.221. The van der Waals surface area contributed by atoms with Crippen molar-refractivity contribution < 1.29 is 4.74 Å². The van der Waals surface area contributed by atoms with Crippen LogP contribution in [0.2, 0.25) is 5.02 Å². The molecule has 3 aromatic carbocycles. The molecular formula is C21H17ClN2O. The maximum absolute atomic E-state index is 6.00. The molecule has 3 aromatic rings. The van der Waals surface area contributed by atoms with Crippen LogP contribution in [0, 0.1) is 0 Å². The molecular weight excluding hydrogens is 332 g/mol. The average molecular weight is 349 g/mol. The first kappa shape index (κ1) is 15.7.